The third-order valence-electron chi connectivity index (χ3n) is 5.57. The van der Waals surface area contributed by atoms with Crippen molar-refractivity contribution in [2.45, 2.75) is 32.4 Å². The lowest BCUT2D eigenvalue weighted by molar-refractivity contribution is -0.131. The number of nitrogens with zero attached hydrogens (tertiary/aromatic N) is 1. The average molecular weight is 423 g/mol. The fraction of sp³-hybridized carbons (Fsp3) is 0.348. The average Bonchev–Trinajstić information content (AvgIpc) is 3.40. The summed E-state index contributed by atoms with van der Waals surface area (Å²) in [6, 6.07) is 14.0. The molecule has 8 heteroatoms. The minimum Gasteiger partial charge on any atom is -0.454 e. The Bertz CT molecular complexity index is 994. The number of benzene rings is 2. The quantitative estimate of drug-likeness (QED) is 0.742. The highest BCUT2D eigenvalue weighted by atomic mass is 16.7. The van der Waals surface area contributed by atoms with Crippen LogP contribution in [0.3, 0.4) is 0 Å². The molecule has 2 aromatic carbocycles. The van der Waals surface area contributed by atoms with Crippen molar-refractivity contribution in [3.05, 3.63) is 54.1 Å². The van der Waals surface area contributed by atoms with Crippen molar-refractivity contribution in [1.29, 1.82) is 0 Å². The van der Waals surface area contributed by atoms with Gasteiger partial charge in [-0.15, -0.1) is 0 Å². The molecule has 162 valence electrons. The molecule has 2 aromatic rings. The molecule has 0 radical (unpaired) electrons. The topological polar surface area (TPSA) is 97.0 Å². The Balaban J connectivity index is 1.33. The van der Waals surface area contributed by atoms with Gasteiger partial charge in [0.1, 0.15) is 6.04 Å². The highest BCUT2D eigenvalue weighted by Gasteiger charge is 2.36. The van der Waals surface area contributed by atoms with Crippen LogP contribution >= 0.6 is 0 Å². The molecular formula is C23H25N3O5. The number of hydrogen-bond donors (Lipinski definition) is 2. The number of amides is 3. The van der Waals surface area contributed by atoms with E-state index in [0.717, 1.165) is 5.56 Å². The molecule has 2 aliphatic heterocycles. The molecule has 3 amide bonds. The Hall–Kier alpha value is -3.55. The van der Waals surface area contributed by atoms with Crippen molar-refractivity contribution in [2.24, 2.45) is 5.92 Å². The van der Waals surface area contributed by atoms with Crippen LogP contribution in [0.5, 0.6) is 11.5 Å². The van der Waals surface area contributed by atoms with Crippen molar-refractivity contribution in [2.75, 3.05) is 18.2 Å². The second-order valence-electron chi connectivity index (χ2n) is 7.81. The van der Waals surface area contributed by atoms with Crippen molar-refractivity contribution >= 4 is 23.4 Å². The van der Waals surface area contributed by atoms with Crippen molar-refractivity contribution in [3.8, 4) is 11.5 Å². The molecule has 0 bridgehead atoms. The maximum absolute atomic E-state index is 12.7. The van der Waals surface area contributed by atoms with Gasteiger partial charge in [0.15, 0.2) is 11.5 Å². The molecule has 4 rings (SSSR count). The Labute approximate surface area is 180 Å². The van der Waals surface area contributed by atoms with Gasteiger partial charge in [0.25, 0.3) is 0 Å². The van der Waals surface area contributed by atoms with Gasteiger partial charge in [-0.2, -0.15) is 0 Å². The van der Waals surface area contributed by atoms with Crippen molar-refractivity contribution < 1.29 is 23.9 Å². The number of rotatable bonds is 6. The smallest absolute Gasteiger partial charge is 0.242 e. The van der Waals surface area contributed by atoms with E-state index in [4.69, 9.17) is 9.47 Å². The monoisotopic (exact) mass is 423 g/mol. The van der Waals surface area contributed by atoms with Crippen LogP contribution in [0.4, 0.5) is 5.69 Å². The zero-order valence-corrected chi connectivity index (χ0v) is 17.5. The Morgan fingerprint density at radius 3 is 2.55 bits per heavy atom. The molecule has 1 saturated heterocycles. The van der Waals surface area contributed by atoms with Crippen LogP contribution < -0.4 is 25.0 Å². The van der Waals surface area contributed by atoms with Gasteiger partial charge in [0.2, 0.25) is 24.5 Å². The minimum absolute atomic E-state index is 0.0923. The van der Waals surface area contributed by atoms with Crippen LogP contribution in [-0.4, -0.2) is 37.1 Å². The number of anilines is 1. The third-order valence-corrected chi connectivity index (χ3v) is 5.57. The highest BCUT2D eigenvalue weighted by Crippen LogP contribution is 2.37. The molecule has 0 unspecified atom stereocenters. The Morgan fingerprint density at radius 1 is 1.03 bits per heavy atom. The van der Waals surface area contributed by atoms with E-state index >= 15 is 0 Å². The summed E-state index contributed by atoms with van der Waals surface area (Å²) < 4.78 is 10.7. The predicted molar refractivity (Wildman–Crippen MR) is 114 cm³/mol. The molecule has 2 aliphatic rings. The summed E-state index contributed by atoms with van der Waals surface area (Å²) >= 11 is 0. The minimum atomic E-state index is -0.714. The summed E-state index contributed by atoms with van der Waals surface area (Å²) in [6.45, 7) is 3.93. The summed E-state index contributed by atoms with van der Waals surface area (Å²) in [6.07, 6.45) is 0.0923. The van der Waals surface area contributed by atoms with Crippen LogP contribution in [0.15, 0.2) is 48.5 Å². The van der Waals surface area contributed by atoms with E-state index in [1.165, 1.54) is 0 Å². The molecule has 0 aromatic heterocycles. The zero-order valence-electron chi connectivity index (χ0n) is 17.5. The van der Waals surface area contributed by atoms with E-state index < -0.39 is 12.0 Å². The predicted octanol–water partition coefficient (Wildman–Crippen LogP) is 2.15. The lowest BCUT2D eigenvalue weighted by Gasteiger charge is -2.20. The Morgan fingerprint density at radius 2 is 1.77 bits per heavy atom. The lowest BCUT2D eigenvalue weighted by Crippen LogP contribution is -2.47. The van der Waals surface area contributed by atoms with Gasteiger partial charge < -0.3 is 25.0 Å². The van der Waals surface area contributed by atoms with Gasteiger partial charge in [-0.1, -0.05) is 30.3 Å². The first-order chi connectivity index (χ1) is 14.9. The molecular weight excluding hydrogens is 398 g/mol. The van der Waals surface area contributed by atoms with E-state index in [0.29, 0.717) is 17.2 Å². The van der Waals surface area contributed by atoms with Crippen LogP contribution in [0, 0.1) is 5.92 Å². The maximum atomic E-state index is 12.7. The van der Waals surface area contributed by atoms with E-state index in [1.54, 1.807) is 30.0 Å². The molecule has 0 saturated carbocycles. The largest absolute Gasteiger partial charge is 0.454 e. The summed E-state index contributed by atoms with van der Waals surface area (Å²) in [7, 11) is 0. The first-order valence-electron chi connectivity index (χ1n) is 10.3. The molecule has 2 heterocycles. The fourth-order valence-corrected chi connectivity index (χ4v) is 3.75. The van der Waals surface area contributed by atoms with Crippen LogP contribution in [0.2, 0.25) is 0 Å². The fourth-order valence-electron chi connectivity index (χ4n) is 3.75. The Kier molecular flexibility index (Phi) is 5.79. The number of carbonyl (C=O) groups excluding carboxylic acids is 3. The van der Waals surface area contributed by atoms with E-state index in [1.807, 2.05) is 37.3 Å². The van der Waals surface area contributed by atoms with Gasteiger partial charge in [-0.3, -0.25) is 14.4 Å². The van der Waals surface area contributed by atoms with E-state index in [9.17, 15) is 14.4 Å². The molecule has 0 aliphatic carbocycles. The summed E-state index contributed by atoms with van der Waals surface area (Å²) in [4.78, 5) is 39.3. The second kappa shape index (κ2) is 8.67. The molecule has 1 fully saturated rings. The second-order valence-corrected chi connectivity index (χ2v) is 7.81. The van der Waals surface area contributed by atoms with Gasteiger partial charge >= 0.3 is 0 Å². The summed E-state index contributed by atoms with van der Waals surface area (Å²) in [5, 5.41) is 5.64. The number of fused-ring (bicyclic) bond motifs is 1. The number of nitrogens with one attached hydrogen (secondary N) is 2. The van der Waals surface area contributed by atoms with Gasteiger partial charge in [-0.25, -0.2) is 0 Å². The summed E-state index contributed by atoms with van der Waals surface area (Å²) in [5.74, 6) is -0.0490. The molecule has 0 spiro atoms. The van der Waals surface area contributed by atoms with Crippen molar-refractivity contribution in [3.63, 3.8) is 0 Å². The normalized spacial score (nSPS) is 19.1. The van der Waals surface area contributed by atoms with Gasteiger partial charge in [0.05, 0.1) is 12.0 Å². The summed E-state index contributed by atoms with van der Waals surface area (Å²) in [5.41, 5.74) is 1.64. The number of carbonyl (C=O) groups is 3. The molecule has 31 heavy (non-hydrogen) atoms. The lowest BCUT2D eigenvalue weighted by atomic mass is 10.1. The first-order valence-corrected chi connectivity index (χ1v) is 10.3. The molecule has 2 N–H and O–H groups in total. The number of ether oxygens (including phenoxy) is 2. The van der Waals surface area contributed by atoms with Gasteiger partial charge in [0, 0.05) is 24.7 Å². The SMILES string of the molecule is C[C@H](NC(=O)[C@@H]1CC(=O)N(c2ccc3c(c2)OCO3)C1)C(=O)N[C@@H](C)c1ccccc1. The number of hydrogen-bond acceptors (Lipinski definition) is 5. The third kappa shape index (κ3) is 4.47. The molecule has 8 nitrogen and oxygen atoms in total. The standard InChI is InChI=1S/C23H25N3O5/c1-14(16-6-4-3-5-7-16)24-22(28)15(2)25-23(29)17-10-21(27)26(12-17)18-8-9-19-20(11-18)31-13-30-19/h3-9,11,14-15,17H,10,12-13H2,1-2H3,(H,24,28)(H,25,29)/t14-,15-,17+/m0/s1. The highest BCUT2D eigenvalue weighted by molar-refractivity contribution is 6.01. The van der Waals surface area contributed by atoms with Crippen molar-refractivity contribution in [1.82, 2.24) is 10.6 Å². The maximum Gasteiger partial charge on any atom is 0.242 e. The van der Waals surface area contributed by atoms with Crippen LogP contribution in [-0.2, 0) is 14.4 Å². The van der Waals surface area contributed by atoms with Gasteiger partial charge in [-0.05, 0) is 31.5 Å². The first kappa shape index (κ1) is 20.7. The van der Waals surface area contributed by atoms with E-state index in [2.05, 4.69) is 10.6 Å². The van der Waals surface area contributed by atoms with Crippen LogP contribution in [0.1, 0.15) is 31.9 Å². The molecule has 3 atom stereocenters. The van der Waals surface area contributed by atoms with E-state index in [-0.39, 0.29) is 43.5 Å². The zero-order chi connectivity index (χ0) is 22.0. The van der Waals surface area contributed by atoms with Crippen LogP contribution in [0.25, 0.3) is 0 Å².